The number of amides is 2. The first kappa shape index (κ1) is 20.3. The molecule has 0 aromatic heterocycles. The van der Waals surface area contributed by atoms with Crippen molar-refractivity contribution in [3.05, 3.63) is 23.9 Å². The number of nitrogens with one attached hydrogen (secondary N) is 1. The SMILES string of the molecule is C/C=C\C=C(/COC(C)C)N1CCOC(C(O)CC(=O)NC)C1=O. The molecule has 1 rings (SSSR count). The summed E-state index contributed by atoms with van der Waals surface area (Å²) >= 11 is 0. The molecular formula is C17H28N2O5. The summed E-state index contributed by atoms with van der Waals surface area (Å²) in [5.41, 5.74) is 0.701. The van der Waals surface area contributed by atoms with Crippen molar-refractivity contribution in [3.8, 4) is 0 Å². The number of carbonyl (C=O) groups excluding carboxylic acids is 2. The van der Waals surface area contributed by atoms with Crippen LogP contribution in [0.25, 0.3) is 0 Å². The summed E-state index contributed by atoms with van der Waals surface area (Å²) in [5, 5.41) is 12.6. The van der Waals surface area contributed by atoms with E-state index < -0.39 is 12.2 Å². The Bertz CT molecular complexity index is 487. The van der Waals surface area contributed by atoms with Gasteiger partial charge in [0.1, 0.15) is 0 Å². The van der Waals surface area contributed by atoms with E-state index in [0.29, 0.717) is 12.2 Å². The number of allylic oxidation sites excluding steroid dienone is 3. The maximum atomic E-state index is 12.7. The molecule has 1 aliphatic rings. The summed E-state index contributed by atoms with van der Waals surface area (Å²) in [7, 11) is 1.48. The number of hydrogen-bond donors (Lipinski definition) is 2. The lowest BCUT2D eigenvalue weighted by molar-refractivity contribution is -0.161. The van der Waals surface area contributed by atoms with Gasteiger partial charge in [-0.25, -0.2) is 0 Å². The fraction of sp³-hybridized carbons (Fsp3) is 0.647. The van der Waals surface area contributed by atoms with Gasteiger partial charge in [0.15, 0.2) is 6.10 Å². The third-order valence-corrected chi connectivity index (χ3v) is 3.54. The normalized spacial score (nSPS) is 20.8. The summed E-state index contributed by atoms with van der Waals surface area (Å²) in [6.45, 7) is 6.68. The molecule has 7 nitrogen and oxygen atoms in total. The maximum Gasteiger partial charge on any atom is 0.258 e. The number of ether oxygens (including phenoxy) is 2. The van der Waals surface area contributed by atoms with E-state index >= 15 is 0 Å². The first-order chi connectivity index (χ1) is 11.4. The molecule has 1 fully saturated rings. The molecule has 7 heteroatoms. The Morgan fingerprint density at radius 2 is 2.25 bits per heavy atom. The lowest BCUT2D eigenvalue weighted by atomic mass is 10.1. The van der Waals surface area contributed by atoms with Gasteiger partial charge in [-0.15, -0.1) is 0 Å². The predicted octanol–water partition coefficient (Wildman–Crippen LogP) is 0.596. The van der Waals surface area contributed by atoms with E-state index in [9.17, 15) is 14.7 Å². The molecule has 1 heterocycles. The molecule has 1 saturated heterocycles. The highest BCUT2D eigenvalue weighted by molar-refractivity contribution is 5.85. The molecule has 0 aromatic rings. The van der Waals surface area contributed by atoms with Gasteiger partial charge in [-0.1, -0.05) is 12.2 Å². The minimum absolute atomic E-state index is 0.0322. The van der Waals surface area contributed by atoms with Crippen LogP contribution in [0.5, 0.6) is 0 Å². The molecule has 0 aromatic carbocycles. The van der Waals surface area contributed by atoms with Crippen molar-refractivity contribution in [1.82, 2.24) is 10.2 Å². The van der Waals surface area contributed by atoms with E-state index in [-0.39, 0.29) is 37.6 Å². The summed E-state index contributed by atoms with van der Waals surface area (Å²) in [5.74, 6) is -0.704. The van der Waals surface area contributed by atoms with Crippen LogP contribution in [0.1, 0.15) is 27.2 Å². The lowest BCUT2D eigenvalue weighted by Gasteiger charge is -2.35. The largest absolute Gasteiger partial charge is 0.389 e. The molecular weight excluding hydrogens is 312 g/mol. The average Bonchev–Trinajstić information content (AvgIpc) is 2.55. The van der Waals surface area contributed by atoms with Gasteiger partial charge in [0.2, 0.25) is 5.91 Å². The third-order valence-electron chi connectivity index (χ3n) is 3.54. The molecule has 0 spiro atoms. The minimum atomic E-state index is -1.19. The van der Waals surface area contributed by atoms with Crippen molar-refractivity contribution in [2.75, 3.05) is 26.8 Å². The van der Waals surface area contributed by atoms with Gasteiger partial charge in [-0.2, -0.15) is 0 Å². The van der Waals surface area contributed by atoms with Gasteiger partial charge >= 0.3 is 0 Å². The van der Waals surface area contributed by atoms with Crippen LogP contribution in [-0.4, -0.2) is 66.9 Å². The number of aliphatic hydroxyl groups is 1. The van der Waals surface area contributed by atoms with Gasteiger partial charge in [0.05, 0.1) is 31.8 Å². The van der Waals surface area contributed by atoms with Gasteiger partial charge < -0.3 is 24.8 Å². The minimum Gasteiger partial charge on any atom is -0.389 e. The Balaban J connectivity index is 2.87. The van der Waals surface area contributed by atoms with Gasteiger partial charge in [-0.05, 0) is 26.8 Å². The van der Waals surface area contributed by atoms with Crippen molar-refractivity contribution in [1.29, 1.82) is 0 Å². The Hall–Kier alpha value is -1.70. The highest BCUT2D eigenvalue weighted by atomic mass is 16.5. The molecule has 0 saturated carbocycles. The molecule has 2 atom stereocenters. The van der Waals surface area contributed by atoms with E-state index in [0.717, 1.165) is 0 Å². The highest BCUT2D eigenvalue weighted by Gasteiger charge is 2.37. The first-order valence-electron chi connectivity index (χ1n) is 8.15. The number of rotatable bonds is 8. The van der Waals surface area contributed by atoms with E-state index in [2.05, 4.69) is 5.32 Å². The van der Waals surface area contributed by atoms with Crippen LogP contribution in [0.15, 0.2) is 23.9 Å². The Morgan fingerprint density at radius 3 is 2.83 bits per heavy atom. The number of nitrogens with zero attached hydrogens (tertiary/aromatic N) is 1. The molecule has 2 unspecified atom stereocenters. The zero-order valence-electron chi connectivity index (χ0n) is 14.8. The summed E-state index contributed by atoms with van der Waals surface area (Å²) in [6, 6.07) is 0. The number of hydrogen-bond acceptors (Lipinski definition) is 5. The highest BCUT2D eigenvalue weighted by Crippen LogP contribution is 2.18. The van der Waals surface area contributed by atoms with Crippen LogP contribution in [0.4, 0.5) is 0 Å². The van der Waals surface area contributed by atoms with Crippen LogP contribution in [0.3, 0.4) is 0 Å². The second kappa shape index (κ2) is 10.2. The fourth-order valence-electron chi connectivity index (χ4n) is 2.24. The van der Waals surface area contributed by atoms with Crippen molar-refractivity contribution in [2.24, 2.45) is 0 Å². The molecule has 0 aliphatic carbocycles. The standard InChI is InChI=1S/C17H28N2O5/c1-5-6-7-13(11-24-12(2)3)19-8-9-23-16(17(19)22)14(20)10-15(21)18-4/h5-7,12,14,16,20H,8-11H2,1-4H3,(H,18,21)/b6-5-,13-7+. The molecule has 2 amide bonds. The zero-order chi connectivity index (χ0) is 18.1. The van der Waals surface area contributed by atoms with Gasteiger partial charge in [0.25, 0.3) is 5.91 Å². The smallest absolute Gasteiger partial charge is 0.258 e. The predicted molar refractivity (Wildman–Crippen MR) is 90.1 cm³/mol. The van der Waals surface area contributed by atoms with Crippen LogP contribution in [-0.2, 0) is 19.1 Å². The first-order valence-corrected chi connectivity index (χ1v) is 8.15. The van der Waals surface area contributed by atoms with E-state index in [4.69, 9.17) is 9.47 Å². The summed E-state index contributed by atoms with van der Waals surface area (Å²) in [6.07, 6.45) is 3.11. The lowest BCUT2D eigenvalue weighted by Crippen LogP contribution is -2.53. The van der Waals surface area contributed by atoms with Gasteiger partial charge in [-0.3, -0.25) is 9.59 Å². The molecule has 0 bridgehead atoms. The second-order valence-corrected chi connectivity index (χ2v) is 5.77. The van der Waals surface area contributed by atoms with E-state index in [1.165, 1.54) is 7.05 Å². The Morgan fingerprint density at radius 1 is 1.54 bits per heavy atom. The topological polar surface area (TPSA) is 88.1 Å². The van der Waals surface area contributed by atoms with Crippen molar-refractivity contribution in [3.63, 3.8) is 0 Å². The second-order valence-electron chi connectivity index (χ2n) is 5.77. The molecule has 2 N–H and O–H groups in total. The van der Waals surface area contributed by atoms with E-state index in [1.807, 2.05) is 39.0 Å². The molecule has 1 aliphatic heterocycles. The van der Waals surface area contributed by atoms with E-state index in [1.54, 1.807) is 4.90 Å². The maximum absolute atomic E-state index is 12.7. The number of carbonyl (C=O) groups is 2. The molecule has 0 radical (unpaired) electrons. The monoisotopic (exact) mass is 340 g/mol. The number of morpholine rings is 1. The molecule has 24 heavy (non-hydrogen) atoms. The van der Waals surface area contributed by atoms with Crippen LogP contribution in [0.2, 0.25) is 0 Å². The summed E-state index contributed by atoms with van der Waals surface area (Å²) in [4.78, 5) is 25.6. The van der Waals surface area contributed by atoms with Crippen LogP contribution in [0, 0.1) is 0 Å². The van der Waals surface area contributed by atoms with Crippen LogP contribution < -0.4 is 5.32 Å². The van der Waals surface area contributed by atoms with Gasteiger partial charge in [0, 0.05) is 19.3 Å². The average molecular weight is 340 g/mol. The molecule has 136 valence electrons. The van der Waals surface area contributed by atoms with Crippen molar-refractivity contribution < 1.29 is 24.2 Å². The zero-order valence-corrected chi connectivity index (χ0v) is 14.8. The Kier molecular flexibility index (Phi) is 8.67. The summed E-state index contributed by atoms with van der Waals surface area (Å²) < 4.78 is 11.0. The quantitative estimate of drug-likeness (QED) is 0.632. The number of aliphatic hydroxyl groups excluding tert-OH is 1. The van der Waals surface area contributed by atoms with Crippen LogP contribution >= 0.6 is 0 Å². The van der Waals surface area contributed by atoms with Crippen molar-refractivity contribution in [2.45, 2.75) is 45.5 Å². The van der Waals surface area contributed by atoms with Crippen molar-refractivity contribution >= 4 is 11.8 Å². The third kappa shape index (κ3) is 6.07. The fourth-order valence-corrected chi connectivity index (χ4v) is 2.24. The Labute approximate surface area is 143 Å².